The number of carbonyl (C=O) groups excluding carboxylic acids is 2. The van der Waals surface area contributed by atoms with Crippen LogP contribution in [-0.2, 0) is 16.1 Å². The molecule has 8 heteroatoms. The van der Waals surface area contributed by atoms with Gasteiger partial charge in [-0.15, -0.1) is 0 Å². The van der Waals surface area contributed by atoms with Crippen molar-refractivity contribution in [3.8, 4) is 0 Å². The highest BCUT2D eigenvalue weighted by molar-refractivity contribution is 5.87. The van der Waals surface area contributed by atoms with Gasteiger partial charge in [-0.05, 0) is 24.1 Å². The Morgan fingerprint density at radius 1 is 1.11 bits per heavy atom. The Hall–Kier alpha value is -2.97. The molecule has 2 aromatic rings. The number of nitrogens with one attached hydrogen (secondary N) is 1. The summed E-state index contributed by atoms with van der Waals surface area (Å²) in [4.78, 5) is 27.1. The van der Waals surface area contributed by atoms with Crippen LogP contribution in [-0.4, -0.2) is 47.0 Å². The van der Waals surface area contributed by atoms with E-state index < -0.39 is 24.3 Å². The van der Waals surface area contributed by atoms with E-state index in [2.05, 4.69) is 15.0 Å². The summed E-state index contributed by atoms with van der Waals surface area (Å²) >= 11 is 0. The minimum atomic E-state index is -1.31. The molecule has 0 saturated heterocycles. The van der Waals surface area contributed by atoms with E-state index >= 15 is 0 Å². The number of carbonyl (C=O) groups is 2. The van der Waals surface area contributed by atoms with Gasteiger partial charge in [0.2, 0.25) is 0 Å². The van der Waals surface area contributed by atoms with Crippen LogP contribution >= 0.6 is 0 Å². The molecule has 0 aliphatic carbocycles. The van der Waals surface area contributed by atoms with E-state index in [9.17, 15) is 19.8 Å². The molecule has 3 N–H and O–H groups in total. The van der Waals surface area contributed by atoms with Gasteiger partial charge in [-0.2, -0.15) is 0 Å². The molecule has 0 bridgehead atoms. The lowest BCUT2D eigenvalue weighted by Gasteiger charge is -2.18. The second-order valence-electron chi connectivity index (χ2n) is 5.73. The zero-order valence-corrected chi connectivity index (χ0v) is 14.9. The van der Waals surface area contributed by atoms with Gasteiger partial charge < -0.3 is 25.0 Å². The topological polar surface area (TPSA) is 118 Å². The average Bonchev–Trinajstić information content (AvgIpc) is 2.71. The number of pyridine rings is 1. The summed E-state index contributed by atoms with van der Waals surface area (Å²) in [5.74, 6) is -0.638. The van der Waals surface area contributed by atoms with E-state index in [0.717, 1.165) is 5.56 Å². The Bertz CT molecular complexity index is 753. The number of nitrogens with zero attached hydrogens (tertiary/aromatic N) is 1. The molecule has 0 saturated carbocycles. The maximum Gasteiger partial charge on any atom is 0.407 e. The summed E-state index contributed by atoms with van der Waals surface area (Å²) in [6.45, 7) is 0.241. The number of esters is 1. The molecule has 1 aromatic carbocycles. The number of methoxy groups -OCH3 is 1. The lowest BCUT2D eigenvalue weighted by Crippen LogP contribution is -2.30. The molecule has 144 valence electrons. The minimum Gasteiger partial charge on any atom is -0.464 e. The Kier molecular flexibility index (Phi) is 7.72. The molecule has 0 aliphatic rings. The summed E-state index contributed by atoms with van der Waals surface area (Å²) in [6, 6.07) is 13.7. The lowest BCUT2D eigenvalue weighted by atomic mass is 10.1. The molecule has 2 rings (SSSR count). The predicted molar refractivity (Wildman–Crippen MR) is 95.8 cm³/mol. The molecule has 1 amide bonds. The second-order valence-corrected chi connectivity index (χ2v) is 5.73. The number of hydrogen-bond donors (Lipinski definition) is 3. The summed E-state index contributed by atoms with van der Waals surface area (Å²) < 4.78 is 9.62. The van der Waals surface area contributed by atoms with Crippen molar-refractivity contribution in [3.05, 3.63) is 65.5 Å². The molecule has 0 spiro atoms. The molecule has 8 nitrogen and oxygen atoms in total. The first-order valence-electron chi connectivity index (χ1n) is 8.37. The second kappa shape index (κ2) is 10.2. The molecule has 2 atom stereocenters. The van der Waals surface area contributed by atoms with Crippen LogP contribution in [0.25, 0.3) is 0 Å². The highest BCUT2D eigenvalue weighted by Gasteiger charge is 2.21. The van der Waals surface area contributed by atoms with E-state index in [1.165, 1.54) is 25.3 Å². The van der Waals surface area contributed by atoms with E-state index in [1.807, 2.05) is 30.3 Å². The fourth-order valence-electron chi connectivity index (χ4n) is 2.29. The Morgan fingerprint density at radius 3 is 2.56 bits per heavy atom. The summed E-state index contributed by atoms with van der Waals surface area (Å²) in [7, 11) is 1.23. The number of aliphatic hydroxyl groups is 2. The van der Waals surface area contributed by atoms with Gasteiger partial charge >= 0.3 is 12.1 Å². The first-order valence-corrected chi connectivity index (χ1v) is 8.37. The molecule has 0 fully saturated rings. The molecule has 1 aromatic heterocycles. The zero-order valence-electron chi connectivity index (χ0n) is 14.9. The van der Waals surface area contributed by atoms with E-state index in [0.29, 0.717) is 0 Å². The molecule has 2 unspecified atom stereocenters. The first kappa shape index (κ1) is 20.3. The lowest BCUT2D eigenvalue weighted by molar-refractivity contribution is 0.0109. The first-order chi connectivity index (χ1) is 13.0. The molecular formula is C19H22N2O6. The van der Waals surface area contributed by atoms with Crippen molar-refractivity contribution < 1.29 is 29.3 Å². The highest BCUT2D eigenvalue weighted by Crippen LogP contribution is 2.17. The largest absolute Gasteiger partial charge is 0.464 e. The number of alkyl carbamates (subject to hydrolysis) is 1. The fourth-order valence-corrected chi connectivity index (χ4v) is 2.29. The maximum atomic E-state index is 11.6. The van der Waals surface area contributed by atoms with Crippen molar-refractivity contribution in [2.45, 2.75) is 25.2 Å². The van der Waals surface area contributed by atoms with Crippen LogP contribution in [0.3, 0.4) is 0 Å². The monoisotopic (exact) mass is 374 g/mol. The SMILES string of the molecule is COC(=O)c1cccc(C(O)C(O)CCNC(=O)OCc2ccccc2)n1. The number of aromatic nitrogens is 1. The number of benzene rings is 1. The molecule has 0 aliphatic heterocycles. The van der Waals surface area contributed by atoms with Crippen molar-refractivity contribution in [2.24, 2.45) is 0 Å². The predicted octanol–water partition coefficient (Wildman–Crippen LogP) is 1.58. The van der Waals surface area contributed by atoms with E-state index in [1.54, 1.807) is 0 Å². The van der Waals surface area contributed by atoms with Crippen molar-refractivity contribution in [1.29, 1.82) is 0 Å². The third-order valence-electron chi connectivity index (χ3n) is 3.75. The Morgan fingerprint density at radius 2 is 1.85 bits per heavy atom. The van der Waals surface area contributed by atoms with Crippen LogP contribution in [0.1, 0.15) is 34.3 Å². The van der Waals surface area contributed by atoms with Gasteiger partial charge in [0.1, 0.15) is 18.4 Å². The van der Waals surface area contributed by atoms with Gasteiger partial charge in [0, 0.05) is 6.54 Å². The van der Waals surface area contributed by atoms with Crippen LogP contribution in [0, 0.1) is 0 Å². The number of rotatable bonds is 8. The van der Waals surface area contributed by atoms with E-state index in [-0.39, 0.29) is 31.0 Å². The van der Waals surface area contributed by atoms with E-state index in [4.69, 9.17) is 4.74 Å². The smallest absolute Gasteiger partial charge is 0.407 e. The normalized spacial score (nSPS) is 12.7. The Balaban J connectivity index is 1.77. The van der Waals surface area contributed by atoms with Crippen LogP contribution in [0.2, 0.25) is 0 Å². The zero-order chi connectivity index (χ0) is 19.6. The van der Waals surface area contributed by atoms with Crippen molar-refractivity contribution in [1.82, 2.24) is 10.3 Å². The minimum absolute atomic E-state index is 0.0314. The average molecular weight is 374 g/mol. The van der Waals surface area contributed by atoms with Crippen molar-refractivity contribution >= 4 is 12.1 Å². The highest BCUT2D eigenvalue weighted by atomic mass is 16.5. The number of aliphatic hydroxyl groups excluding tert-OH is 2. The van der Waals surface area contributed by atoms with Crippen LogP contribution in [0.5, 0.6) is 0 Å². The summed E-state index contributed by atoms with van der Waals surface area (Å²) in [6.07, 6.45) is -3.03. The summed E-state index contributed by atoms with van der Waals surface area (Å²) in [5, 5.41) is 22.8. The van der Waals surface area contributed by atoms with Gasteiger partial charge in [-0.1, -0.05) is 36.4 Å². The third kappa shape index (κ3) is 6.36. The molecule has 0 radical (unpaired) electrons. The molecular weight excluding hydrogens is 352 g/mol. The van der Waals surface area contributed by atoms with Gasteiger partial charge in [0.05, 0.1) is 18.9 Å². The van der Waals surface area contributed by atoms with Crippen LogP contribution in [0.15, 0.2) is 48.5 Å². The van der Waals surface area contributed by atoms with Crippen LogP contribution in [0.4, 0.5) is 4.79 Å². The summed E-state index contributed by atoms with van der Waals surface area (Å²) in [5.41, 5.74) is 1.03. The van der Waals surface area contributed by atoms with Crippen molar-refractivity contribution in [2.75, 3.05) is 13.7 Å². The quantitative estimate of drug-likeness (QED) is 0.600. The molecule has 1 heterocycles. The number of ether oxygens (including phenoxy) is 2. The van der Waals surface area contributed by atoms with Gasteiger partial charge in [0.15, 0.2) is 0 Å². The van der Waals surface area contributed by atoms with Crippen LogP contribution < -0.4 is 5.32 Å². The van der Waals surface area contributed by atoms with Gasteiger partial charge in [-0.25, -0.2) is 14.6 Å². The van der Waals surface area contributed by atoms with Crippen molar-refractivity contribution in [3.63, 3.8) is 0 Å². The Labute approximate surface area is 156 Å². The molecule has 27 heavy (non-hydrogen) atoms. The maximum absolute atomic E-state index is 11.6. The number of amides is 1. The van der Waals surface area contributed by atoms with Gasteiger partial charge in [-0.3, -0.25) is 0 Å². The fraction of sp³-hybridized carbons (Fsp3) is 0.316. The third-order valence-corrected chi connectivity index (χ3v) is 3.75. The van der Waals surface area contributed by atoms with Gasteiger partial charge in [0.25, 0.3) is 0 Å². The standard InChI is InChI=1S/C19H22N2O6/c1-26-18(24)15-9-5-8-14(21-15)17(23)16(22)10-11-20-19(25)27-12-13-6-3-2-4-7-13/h2-9,16-17,22-23H,10-12H2,1H3,(H,20,25). The number of hydrogen-bond acceptors (Lipinski definition) is 7.